The summed E-state index contributed by atoms with van der Waals surface area (Å²) < 4.78 is 13.7. The Morgan fingerprint density at radius 1 is 1.00 bits per heavy atom. The van der Waals surface area contributed by atoms with Crippen molar-refractivity contribution in [2.75, 3.05) is 0 Å². The van der Waals surface area contributed by atoms with E-state index in [4.69, 9.17) is 0 Å². The van der Waals surface area contributed by atoms with Gasteiger partial charge in [-0.15, -0.1) is 0 Å². The van der Waals surface area contributed by atoms with Crippen LogP contribution < -0.4 is 0 Å². The monoisotopic (exact) mass is 228 g/mol. The second-order valence-corrected chi connectivity index (χ2v) is 4.67. The first-order chi connectivity index (χ1) is 8.16. The lowest BCUT2D eigenvalue weighted by Gasteiger charge is -2.09. The topological polar surface area (TPSA) is 0 Å². The van der Waals surface area contributed by atoms with Gasteiger partial charge >= 0.3 is 0 Å². The SMILES string of the molecule is CC(C)c1ccc(F)c(Cc2ccccc2)c1. The van der Waals surface area contributed by atoms with Crippen LogP contribution in [0.4, 0.5) is 4.39 Å². The van der Waals surface area contributed by atoms with E-state index in [1.165, 1.54) is 5.56 Å². The Labute approximate surface area is 102 Å². The summed E-state index contributed by atoms with van der Waals surface area (Å²) >= 11 is 0. The van der Waals surface area contributed by atoms with E-state index in [1.807, 2.05) is 42.5 Å². The standard InChI is InChI=1S/C16H17F/c1-12(2)14-8-9-16(17)15(11-14)10-13-6-4-3-5-7-13/h3-9,11-12H,10H2,1-2H3. The number of halogens is 1. The average molecular weight is 228 g/mol. The predicted molar refractivity (Wildman–Crippen MR) is 69.7 cm³/mol. The van der Waals surface area contributed by atoms with E-state index in [-0.39, 0.29) is 5.82 Å². The summed E-state index contributed by atoms with van der Waals surface area (Å²) in [6.07, 6.45) is 0.660. The molecule has 2 aromatic carbocycles. The van der Waals surface area contributed by atoms with Crippen LogP contribution in [0.1, 0.15) is 36.5 Å². The molecule has 2 rings (SSSR count). The maximum atomic E-state index is 13.7. The van der Waals surface area contributed by atoms with Crippen LogP contribution in [0.2, 0.25) is 0 Å². The second-order valence-electron chi connectivity index (χ2n) is 4.67. The summed E-state index contributed by atoms with van der Waals surface area (Å²) in [6.45, 7) is 4.25. The zero-order valence-electron chi connectivity index (χ0n) is 10.3. The molecule has 0 radical (unpaired) electrons. The Hall–Kier alpha value is -1.63. The molecule has 0 unspecified atom stereocenters. The molecule has 0 heterocycles. The molecule has 1 heteroatoms. The lowest BCUT2D eigenvalue weighted by atomic mass is 9.97. The van der Waals surface area contributed by atoms with Crippen LogP contribution in [0.15, 0.2) is 48.5 Å². The van der Waals surface area contributed by atoms with Gasteiger partial charge < -0.3 is 0 Å². The second kappa shape index (κ2) is 5.13. The van der Waals surface area contributed by atoms with Gasteiger partial charge in [-0.3, -0.25) is 0 Å². The number of hydrogen-bond donors (Lipinski definition) is 0. The Morgan fingerprint density at radius 3 is 2.35 bits per heavy atom. The van der Waals surface area contributed by atoms with Crippen molar-refractivity contribution in [3.05, 3.63) is 71.0 Å². The van der Waals surface area contributed by atoms with Crippen LogP contribution in [-0.4, -0.2) is 0 Å². The van der Waals surface area contributed by atoms with Crippen LogP contribution in [0.5, 0.6) is 0 Å². The fourth-order valence-corrected chi connectivity index (χ4v) is 1.91. The third-order valence-corrected chi connectivity index (χ3v) is 2.97. The molecule has 0 aliphatic rings. The normalized spacial score (nSPS) is 10.8. The van der Waals surface area contributed by atoms with E-state index < -0.39 is 0 Å². The summed E-state index contributed by atoms with van der Waals surface area (Å²) in [5, 5.41) is 0. The van der Waals surface area contributed by atoms with Crippen molar-refractivity contribution in [2.24, 2.45) is 0 Å². The van der Waals surface area contributed by atoms with Crippen molar-refractivity contribution in [3.8, 4) is 0 Å². The van der Waals surface area contributed by atoms with Crippen LogP contribution in [0, 0.1) is 5.82 Å². The third-order valence-electron chi connectivity index (χ3n) is 2.97. The molecule has 0 nitrogen and oxygen atoms in total. The van der Waals surface area contributed by atoms with Crippen LogP contribution in [-0.2, 0) is 6.42 Å². The maximum absolute atomic E-state index is 13.7. The number of rotatable bonds is 3. The van der Waals surface area contributed by atoms with Crippen molar-refractivity contribution >= 4 is 0 Å². The van der Waals surface area contributed by atoms with Crippen molar-refractivity contribution in [1.29, 1.82) is 0 Å². The first-order valence-corrected chi connectivity index (χ1v) is 5.99. The minimum atomic E-state index is -0.113. The molecule has 0 atom stereocenters. The molecule has 17 heavy (non-hydrogen) atoms. The van der Waals surface area contributed by atoms with Gasteiger partial charge in [0.2, 0.25) is 0 Å². The zero-order valence-corrected chi connectivity index (χ0v) is 10.3. The fourth-order valence-electron chi connectivity index (χ4n) is 1.91. The van der Waals surface area contributed by atoms with E-state index in [9.17, 15) is 4.39 Å². The molecule has 0 N–H and O–H groups in total. The highest BCUT2D eigenvalue weighted by Crippen LogP contribution is 2.20. The van der Waals surface area contributed by atoms with Crippen molar-refractivity contribution in [3.63, 3.8) is 0 Å². The van der Waals surface area contributed by atoms with Crippen LogP contribution >= 0.6 is 0 Å². The molecule has 0 bridgehead atoms. The van der Waals surface area contributed by atoms with Gasteiger partial charge in [0, 0.05) is 6.42 Å². The minimum Gasteiger partial charge on any atom is -0.207 e. The number of hydrogen-bond acceptors (Lipinski definition) is 0. The summed E-state index contributed by atoms with van der Waals surface area (Å²) in [5.74, 6) is 0.323. The Kier molecular flexibility index (Phi) is 3.58. The predicted octanol–water partition coefficient (Wildman–Crippen LogP) is 4.54. The summed E-state index contributed by atoms with van der Waals surface area (Å²) in [5.41, 5.74) is 3.12. The molecule has 0 amide bonds. The highest BCUT2D eigenvalue weighted by molar-refractivity contribution is 5.31. The average Bonchev–Trinajstić information content (AvgIpc) is 2.33. The molecule has 0 aliphatic carbocycles. The highest BCUT2D eigenvalue weighted by atomic mass is 19.1. The van der Waals surface area contributed by atoms with Gasteiger partial charge in [0.05, 0.1) is 0 Å². The largest absolute Gasteiger partial charge is 0.207 e. The van der Waals surface area contributed by atoms with Gasteiger partial charge in [-0.25, -0.2) is 4.39 Å². The molecule has 88 valence electrons. The molecule has 0 spiro atoms. The van der Waals surface area contributed by atoms with E-state index in [0.717, 1.165) is 11.1 Å². The van der Waals surface area contributed by atoms with Crippen molar-refractivity contribution in [1.82, 2.24) is 0 Å². The maximum Gasteiger partial charge on any atom is 0.126 e. The first kappa shape index (κ1) is 11.8. The van der Waals surface area contributed by atoms with Crippen LogP contribution in [0.25, 0.3) is 0 Å². The zero-order chi connectivity index (χ0) is 12.3. The molecule has 0 saturated carbocycles. The van der Waals surface area contributed by atoms with Crippen molar-refractivity contribution < 1.29 is 4.39 Å². The van der Waals surface area contributed by atoms with Gasteiger partial charge in [-0.05, 0) is 28.7 Å². The Balaban J connectivity index is 2.29. The van der Waals surface area contributed by atoms with Gasteiger partial charge in [0.25, 0.3) is 0 Å². The third kappa shape index (κ3) is 2.94. The quantitative estimate of drug-likeness (QED) is 0.723. The van der Waals surface area contributed by atoms with Crippen molar-refractivity contribution in [2.45, 2.75) is 26.2 Å². The van der Waals surface area contributed by atoms with Gasteiger partial charge in [0.1, 0.15) is 5.82 Å². The smallest absolute Gasteiger partial charge is 0.126 e. The van der Waals surface area contributed by atoms with E-state index in [2.05, 4.69) is 13.8 Å². The Bertz CT molecular complexity index is 486. The molecule has 2 aromatic rings. The van der Waals surface area contributed by atoms with Gasteiger partial charge in [-0.1, -0.05) is 56.3 Å². The lowest BCUT2D eigenvalue weighted by Crippen LogP contribution is -1.96. The molecule has 0 aliphatic heterocycles. The first-order valence-electron chi connectivity index (χ1n) is 5.99. The highest BCUT2D eigenvalue weighted by Gasteiger charge is 2.06. The van der Waals surface area contributed by atoms with Crippen LogP contribution in [0.3, 0.4) is 0 Å². The number of benzene rings is 2. The van der Waals surface area contributed by atoms with Gasteiger partial charge in [-0.2, -0.15) is 0 Å². The fraction of sp³-hybridized carbons (Fsp3) is 0.250. The molecule has 0 fully saturated rings. The summed E-state index contributed by atoms with van der Waals surface area (Å²) in [6, 6.07) is 15.4. The summed E-state index contributed by atoms with van der Waals surface area (Å²) in [7, 11) is 0. The molecule has 0 saturated heterocycles. The van der Waals surface area contributed by atoms with E-state index in [0.29, 0.717) is 12.3 Å². The molecular weight excluding hydrogens is 211 g/mol. The lowest BCUT2D eigenvalue weighted by molar-refractivity contribution is 0.612. The molecular formula is C16H17F. The van der Waals surface area contributed by atoms with E-state index in [1.54, 1.807) is 6.07 Å². The minimum absolute atomic E-state index is 0.113. The Morgan fingerprint density at radius 2 is 1.71 bits per heavy atom. The van der Waals surface area contributed by atoms with E-state index >= 15 is 0 Å². The van der Waals surface area contributed by atoms with Gasteiger partial charge in [0.15, 0.2) is 0 Å². The molecule has 0 aromatic heterocycles. The summed E-state index contributed by atoms with van der Waals surface area (Å²) in [4.78, 5) is 0.